The third-order valence-corrected chi connectivity index (χ3v) is 5.54. The van der Waals surface area contributed by atoms with Gasteiger partial charge in [0, 0.05) is 43.2 Å². The molecule has 0 bridgehead atoms. The molecule has 9 nitrogen and oxygen atoms in total. The molecule has 3 aromatic rings. The molecule has 1 aliphatic rings. The molecule has 2 heterocycles. The van der Waals surface area contributed by atoms with Crippen LogP contribution in [0.25, 0.3) is 0 Å². The topological polar surface area (TPSA) is 115 Å². The molecule has 1 aliphatic heterocycles. The summed E-state index contributed by atoms with van der Waals surface area (Å²) < 4.78 is 1.84. The zero-order chi connectivity index (χ0) is 22.7. The van der Waals surface area contributed by atoms with Gasteiger partial charge in [-0.2, -0.15) is 0 Å². The van der Waals surface area contributed by atoms with Crippen LogP contribution in [0.5, 0.6) is 0 Å². The summed E-state index contributed by atoms with van der Waals surface area (Å²) in [5.74, 6) is -3.28. The number of aryl methyl sites for hydroxylation is 1. The molecule has 0 spiro atoms. The Bertz CT molecular complexity index is 1160. The van der Waals surface area contributed by atoms with E-state index in [1.807, 2.05) is 4.57 Å². The quantitative estimate of drug-likeness (QED) is 0.178. The molecule has 0 radical (unpaired) electrons. The fraction of sp³-hybridized carbons (Fsp3) is 0.217. The van der Waals surface area contributed by atoms with Crippen LogP contribution in [-0.2, 0) is 16.1 Å². The van der Waals surface area contributed by atoms with Gasteiger partial charge < -0.3 is 9.47 Å². The summed E-state index contributed by atoms with van der Waals surface area (Å²) >= 11 is 0. The molecular weight excluding hydrogens is 412 g/mol. The lowest BCUT2D eigenvalue weighted by atomic mass is 9.86. The number of nitro groups is 1. The molecule has 4 rings (SSSR count). The van der Waals surface area contributed by atoms with Crippen LogP contribution in [0.1, 0.15) is 28.4 Å². The van der Waals surface area contributed by atoms with E-state index in [1.54, 1.807) is 55.1 Å². The number of nitro benzene ring substituents is 1. The normalized spacial score (nSPS) is 18.2. The van der Waals surface area contributed by atoms with Gasteiger partial charge in [-0.05, 0) is 12.0 Å². The van der Waals surface area contributed by atoms with Crippen molar-refractivity contribution in [3.05, 3.63) is 94.6 Å². The van der Waals surface area contributed by atoms with Crippen molar-refractivity contribution in [1.82, 2.24) is 14.5 Å². The first-order valence-corrected chi connectivity index (χ1v) is 10.1. The number of hydrogen-bond donors (Lipinski definition) is 0. The molecule has 162 valence electrons. The van der Waals surface area contributed by atoms with Crippen molar-refractivity contribution in [2.24, 2.45) is 5.92 Å². The van der Waals surface area contributed by atoms with Crippen LogP contribution < -0.4 is 0 Å². The molecule has 0 N–H and O–H groups in total. The molecule has 1 fully saturated rings. The number of amides is 1. The van der Waals surface area contributed by atoms with E-state index in [0.29, 0.717) is 24.1 Å². The monoisotopic (exact) mass is 432 g/mol. The lowest BCUT2D eigenvalue weighted by molar-refractivity contribution is -0.385. The van der Waals surface area contributed by atoms with Crippen LogP contribution in [-0.4, -0.2) is 43.4 Å². The maximum atomic E-state index is 13.3. The van der Waals surface area contributed by atoms with Crippen molar-refractivity contribution in [2.75, 3.05) is 6.54 Å². The van der Waals surface area contributed by atoms with Gasteiger partial charge >= 0.3 is 0 Å². The van der Waals surface area contributed by atoms with Crippen LogP contribution in [0, 0.1) is 16.0 Å². The average Bonchev–Trinajstić information content (AvgIpc) is 3.41. The number of imidazole rings is 1. The van der Waals surface area contributed by atoms with E-state index in [2.05, 4.69) is 4.98 Å². The highest BCUT2D eigenvalue weighted by Gasteiger charge is 2.51. The van der Waals surface area contributed by atoms with Crippen LogP contribution in [0.4, 0.5) is 5.69 Å². The van der Waals surface area contributed by atoms with Crippen molar-refractivity contribution in [3.8, 4) is 0 Å². The largest absolute Gasteiger partial charge is 0.337 e. The highest BCUT2D eigenvalue weighted by Crippen LogP contribution is 2.39. The van der Waals surface area contributed by atoms with Crippen molar-refractivity contribution >= 4 is 23.2 Å². The first-order chi connectivity index (χ1) is 15.5. The summed E-state index contributed by atoms with van der Waals surface area (Å²) in [6, 6.07) is 13.1. The molecule has 1 saturated heterocycles. The van der Waals surface area contributed by atoms with E-state index in [-0.39, 0.29) is 12.2 Å². The predicted molar refractivity (Wildman–Crippen MR) is 114 cm³/mol. The second kappa shape index (κ2) is 8.93. The number of aromatic nitrogens is 2. The summed E-state index contributed by atoms with van der Waals surface area (Å²) in [6.07, 6.45) is 5.60. The van der Waals surface area contributed by atoms with E-state index in [0.717, 1.165) is 0 Å². The molecule has 2 aromatic carbocycles. The Kier molecular flexibility index (Phi) is 5.89. The lowest BCUT2D eigenvalue weighted by Crippen LogP contribution is -2.32. The smallest absolute Gasteiger partial charge is 0.291 e. The average molecular weight is 432 g/mol. The first kappa shape index (κ1) is 21.1. The van der Waals surface area contributed by atoms with E-state index >= 15 is 0 Å². The third kappa shape index (κ3) is 4.04. The highest BCUT2D eigenvalue weighted by atomic mass is 16.6. The van der Waals surface area contributed by atoms with Crippen LogP contribution in [0.15, 0.2) is 73.3 Å². The minimum atomic E-state index is -1.26. The molecule has 2 unspecified atom stereocenters. The second-order valence-corrected chi connectivity index (χ2v) is 7.52. The second-order valence-electron chi connectivity index (χ2n) is 7.52. The predicted octanol–water partition coefficient (Wildman–Crippen LogP) is 2.83. The zero-order valence-electron chi connectivity index (χ0n) is 17.0. The van der Waals surface area contributed by atoms with Crippen molar-refractivity contribution in [2.45, 2.75) is 19.0 Å². The van der Waals surface area contributed by atoms with Gasteiger partial charge in [0.1, 0.15) is 5.92 Å². The maximum absolute atomic E-state index is 13.3. The van der Waals surface area contributed by atoms with Gasteiger partial charge in [0.05, 0.1) is 17.3 Å². The number of benzene rings is 2. The number of carbonyl (C=O) groups is 3. The minimum absolute atomic E-state index is 0.168. The van der Waals surface area contributed by atoms with Crippen LogP contribution >= 0.6 is 0 Å². The van der Waals surface area contributed by atoms with Gasteiger partial charge in [-0.3, -0.25) is 24.5 Å². The first-order valence-electron chi connectivity index (χ1n) is 10.1. The van der Waals surface area contributed by atoms with Gasteiger partial charge in [-0.25, -0.2) is 4.98 Å². The Morgan fingerprint density at radius 3 is 2.53 bits per heavy atom. The summed E-state index contributed by atoms with van der Waals surface area (Å²) in [6.45, 7) is 0.783. The van der Waals surface area contributed by atoms with E-state index < -0.39 is 34.4 Å². The number of Topliss-reactive ketones (excluding diaryl/α,β-unsaturated/α-hetero) is 2. The number of non-ortho nitro benzene ring substituents is 1. The molecular formula is C23H20N4O5. The number of nitrogens with zero attached hydrogens (tertiary/aromatic N) is 4. The number of ketones is 2. The van der Waals surface area contributed by atoms with Gasteiger partial charge in [-0.1, -0.05) is 42.5 Å². The molecule has 1 aromatic heterocycles. The number of likely N-dealkylation sites (tertiary alicyclic amines) is 1. The summed E-state index contributed by atoms with van der Waals surface area (Å²) in [5.41, 5.74) is 0.531. The Morgan fingerprint density at radius 1 is 1.06 bits per heavy atom. The third-order valence-electron chi connectivity index (χ3n) is 5.54. The van der Waals surface area contributed by atoms with E-state index in [9.17, 15) is 24.5 Å². The Balaban J connectivity index is 1.70. The molecule has 2 atom stereocenters. The van der Waals surface area contributed by atoms with Gasteiger partial charge in [0.2, 0.25) is 5.78 Å². The molecule has 0 aliphatic carbocycles. The maximum Gasteiger partial charge on any atom is 0.291 e. The summed E-state index contributed by atoms with van der Waals surface area (Å²) in [4.78, 5) is 55.2. The van der Waals surface area contributed by atoms with Crippen molar-refractivity contribution < 1.29 is 19.3 Å². The van der Waals surface area contributed by atoms with Crippen molar-refractivity contribution in [1.29, 1.82) is 0 Å². The van der Waals surface area contributed by atoms with Gasteiger partial charge in [-0.15, -0.1) is 0 Å². The highest BCUT2D eigenvalue weighted by molar-refractivity contribution is 6.44. The van der Waals surface area contributed by atoms with Crippen LogP contribution in [0.3, 0.4) is 0 Å². The number of hydrogen-bond acceptors (Lipinski definition) is 6. The molecule has 1 amide bonds. The fourth-order valence-corrected chi connectivity index (χ4v) is 4.05. The number of rotatable bonds is 8. The van der Waals surface area contributed by atoms with Crippen molar-refractivity contribution in [3.63, 3.8) is 0 Å². The Morgan fingerprint density at radius 2 is 1.84 bits per heavy atom. The van der Waals surface area contributed by atoms with E-state index in [4.69, 9.17) is 0 Å². The summed E-state index contributed by atoms with van der Waals surface area (Å²) in [7, 11) is 0. The lowest BCUT2D eigenvalue weighted by Gasteiger charge is -2.27. The molecule has 0 saturated carbocycles. The Hall–Kier alpha value is -4.14. The SMILES string of the molecule is O=C1C(=O)N(CCCn2ccnc2)C(c2cccc([N+](=O)[O-])c2)C1C(=O)c1ccccc1. The number of carbonyl (C=O) groups excluding carboxylic acids is 3. The zero-order valence-corrected chi connectivity index (χ0v) is 17.0. The van der Waals surface area contributed by atoms with Gasteiger partial charge in [0.15, 0.2) is 5.78 Å². The molecule has 32 heavy (non-hydrogen) atoms. The van der Waals surface area contributed by atoms with Crippen LogP contribution in [0.2, 0.25) is 0 Å². The summed E-state index contributed by atoms with van der Waals surface area (Å²) in [5, 5.41) is 11.3. The van der Waals surface area contributed by atoms with E-state index in [1.165, 1.54) is 23.1 Å². The Labute approximate surface area is 183 Å². The fourth-order valence-electron chi connectivity index (χ4n) is 4.05. The van der Waals surface area contributed by atoms with Gasteiger partial charge in [0.25, 0.3) is 11.6 Å². The minimum Gasteiger partial charge on any atom is -0.337 e. The molecule has 9 heteroatoms. The standard InChI is InChI=1S/C23H20N4O5/c28-21(16-6-2-1-3-7-16)19-20(17-8-4-9-18(14-17)27(31)32)26(23(30)22(19)29)12-5-11-25-13-10-24-15-25/h1-4,6-10,13-15,19-20H,5,11-12H2.